The number of aromatic nitrogens is 1. The van der Waals surface area contributed by atoms with Crippen molar-refractivity contribution in [1.29, 1.82) is 0 Å². The number of rotatable bonds is 6. The summed E-state index contributed by atoms with van der Waals surface area (Å²) in [7, 11) is -3.59. The first-order valence-electron chi connectivity index (χ1n) is 8.97. The van der Waals surface area contributed by atoms with Gasteiger partial charge in [-0.2, -0.15) is 4.31 Å². The standard InChI is InChI=1S/C18H22ClN3O3S3/c1-12-11-26-18(20-12)27-13(2)17(23)21-16-10-14(6-7-15(16)19)28(24,25)22-8-4-3-5-9-22/h6-7,10-11,13H,3-5,8-9H2,1-2H3,(H,21,23). The lowest BCUT2D eigenvalue weighted by molar-refractivity contribution is -0.115. The van der Waals surface area contributed by atoms with Gasteiger partial charge in [-0.3, -0.25) is 4.79 Å². The summed E-state index contributed by atoms with van der Waals surface area (Å²) in [5.41, 5.74) is 1.21. The third-order valence-corrected chi connectivity index (χ3v) is 8.81. The number of sulfonamides is 1. The van der Waals surface area contributed by atoms with E-state index in [2.05, 4.69) is 10.3 Å². The van der Waals surface area contributed by atoms with Gasteiger partial charge in [0, 0.05) is 24.2 Å². The van der Waals surface area contributed by atoms with E-state index in [1.54, 1.807) is 6.92 Å². The summed E-state index contributed by atoms with van der Waals surface area (Å²) in [4.78, 5) is 17.1. The minimum absolute atomic E-state index is 0.143. The highest BCUT2D eigenvalue weighted by Crippen LogP contribution is 2.31. The van der Waals surface area contributed by atoms with Crippen molar-refractivity contribution in [2.75, 3.05) is 18.4 Å². The monoisotopic (exact) mass is 459 g/mol. The lowest BCUT2D eigenvalue weighted by Gasteiger charge is -2.26. The molecule has 0 spiro atoms. The zero-order chi connectivity index (χ0) is 20.3. The molecule has 1 amide bonds. The summed E-state index contributed by atoms with van der Waals surface area (Å²) >= 11 is 9.05. The Bertz CT molecular complexity index is 956. The number of amides is 1. The van der Waals surface area contributed by atoms with Gasteiger partial charge in [0.25, 0.3) is 0 Å². The molecule has 1 atom stereocenters. The van der Waals surface area contributed by atoms with Crippen LogP contribution in [0.1, 0.15) is 31.9 Å². The van der Waals surface area contributed by atoms with Gasteiger partial charge in [0.05, 0.1) is 20.9 Å². The predicted octanol–water partition coefficient (Wildman–Crippen LogP) is 4.40. The van der Waals surface area contributed by atoms with E-state index in [-0.39, 0.29) is 10.8 Å². The average molecular weight is 460 g/mol. The molecule has 3 rings (SSSR count). The Labute approximate surface area is 178 Å². The first kappa shape index (κ1) is 21.6. The van der Waals surface area contributed by atoms with Crippen molar-refractivity contribution in [2.24, 2.45) is 0 Å². The van der Waals surface area contributed by atoms with Crippen LogP contribution in [0.4, 0.5) is 5.69 Å². The molecule has 1 aliphatic heterocycles. The second-order valence-corrected chi connectivity index (χ2v) is 11.4. The molecular formula is C18H22ClN3O3S3. The third kappa shape index (κ3) is 5.07. The SMILES string of the molecule is Cc1csc(SC(C)C(=O)Nc2cc(S(=O)(=O)N3CCCCC3)ccc2Cl)n1. The normalized spacial score (nSPS) is 16.7. The molecule has 152 valence electrons. The van der Waals surface area contributed by atoms with E-state index in [0.29, 0.717) is 23.8 Å². The van der Waals surface area contributed by atoms with Crippen LogP contribution in [0.25, 0.3) is 0 Å². The van der Waals surface area contributed by atoms with Gasteiger partial charge in [0.2, 0.25) is 15.9 Å². The van der Waals surface area contributed by atoms with E-state index in [9.17, 15) is 13.2 Å². The van der Waals surface area contributed by atoms with Crippen LogP contribution in [-0.2, 0) is 14.8 Å². The number of nitrogens with one attached hydrogen (secondary N) is 1. The minimum Gasteiger partial charge on any atom is -0.324 e. The maximum atomic E-state index is 12.9. The molecule has 0 bridgehead atoms. The number of thioether (sulfide) groups is 1. The number of anilines is 1. The van der Waals surface area contributed by atoms with Crippen LogP contribution in [0.5, 0.6) is 0 Å². The number of aryl methyl sites for hydroxylation is 1. The molecule has 0 saturated carbocycles. The van der Waals surface area contributed by atoms with Crippen molar-refractivity contribution in [1.82, 2.24) is 9.29 Å². The van der Waals surface area contributed by atoms with Crippen molar-refractivity contribution in [3.8, 4) is 0 Å². The van der Waals surface area contributed by atoms with Crippen LogP contribution in [0.2, 0.25) is 5.02 Å². The quantitative estimate of drug-likeness (QED) is 0.647. The number of thiazole rings is 1. The molecular weight excluding hydrogens is 438 g/mol. The zero-order valence-corrected chi connectivity index (χ0v) is 18.8. The number of hydrogen-bond donors (Lipinski definition) is 1. The Hall–Kier alpha value is -1.13. The van der Waals surface area contributed by atoms with E-state index < -0.39 is 15.3 Å². The molecule has 6 nitrogen and oxygen atoms in total. The number of carbonyl (C=O) groups is 1. The molecule has 1 saturated heterocycles. The molecule has 2 aromatic rings. The summed E-state index contributed by atoms with van der Waals surface area (Å²) in [5.74, 6) is -0.257. The molecule has 1 aromatic carbocycles. The smallest absolute Gasteiger partial charge is 0.243 e. The van der Waals surface area contributed by atoms with Gasteiger partial charge in [0.1, 0.15) is 0 Å². The van der Waals surface area contributed by atoms with Gasteiger partial charge in [-0.05, 0) is 44.9 Å². The van der Waals surface area contributed by atoms with E-state index in [4.69, 9.17) is 11.6 Å². The molecule has 0 radical (unpaired) electrons. The van der Waals surface area contributed by atoms with Crippen LogP contribution in [0.3, 0.4) is 0 Å². The number of nitrogens with zero attached hydrogens (tertiary/aromatic N) is 2. The number of halogens is 1. The van der Waals surface area contributed by atoms with Crippen molar-refractivity contribution in [3.05, 3.63) is 34.3 Å². The van der Waals surface area contributed by atoms with Crippen molar-refractivity contribution < 1.29 is 13.2 Å². The van der Waals surface area contributed by atoms with Crippen LogP contribution >= 0.6 is 34.7 Å². The van der Waals surface area contributed by atoms with E-state index in [1.807, 2.05) is 12.3 Å². The van der Waals surface area contributed by atoms with Gasteiger partial charge in [-0.1, -0.05) is 29.8 Å². The number of piperidine rings is 1. The Balaban J connectivity index is 1.74. The van der Waals surface area contributed by atoms with Gasteiger partial charge in [-0.25, -0.2) is 13.4 Å². The minimum atomic E-state index is -3.59. The predicted molar refractivity (Wildman–Crippen MR) is 115 cm³/mol. The Morgan fingerprint density at radius 1 is 1.32 bits per heavy atom. The van der Waals surface area contributed by atoms with Crippen molar-refractivity contribution in [3.63, 3.8) is 0 Å². The van der Waals surface area contributed by atoms with Crippen molar-refractivity contribution >= 4 is 56.3 Å². The summed E-state index contributed by atoms with van der Waals surface area (Å²) in [5, 5.41) is 4.58. The van der Waals surface area contributed by atoms with Gasteiger partial charge in [0.15, 0.2) is 4.34 Å². The van der Waals surface area contributed by atoms with Crippen molar-refractivity contribution in [2.45, 2.75) is 47.6 Å². The maximum absolute atomic E-state index is 12.9. The summed E-state index contributed by atoms with van der Waals surface area (Å²) < 4.78 is 28.1. The highest BCUT2D eigenvalue weighted by Gasteiger charge is 2.27. The van der Waals surface area contributed by atoms with Crippen LogP contribution in [0, 0.1) is 6.92 Å². The topological polar surface area (TPSA) is 79.4 Å². The fourth-order valence-electron chi connectivity index (χ4n) is 2.84. The molecule has 28 heavy (non-hydrogen) atoms. The van der Waals surface area contributed by atoms with Crippen LogP contribution in [-0.4, -0.2) is 42.0 Å². The van der Waals surface area contributed by atoms with Gasteiger partial charge < -0.3 is 5.32 Å². The van der Waals surface area contributed by atoms with Gasteiger partial charge >= 0.3 is 0 Å². The second-order valence-electron chi connectivity index (χ2n) is 6.61. The third-order valence-electron chi connectivity index (χ3n) is 4.39. The molecule has 0 aliphatic carbocycles. The highest BCUT2D eigenvalue weighted by atomic mass is 35.5. The number of carbonyl (C=O) groups excluding carboxylic acids is 1. The summed E-state index contributed by atoms with van der Waals surface area (Å²) in [6.07, 6.45) is 2.77. The second kappa shape index (κ2) is 9.13. The van der Waals surface area contributed by atoms with E-state index >= 15 is 0 Å². The number of benzene rings is 1. The molecule has 1 N–H and O–H groups in total. The van der Waals surface area contributed by atoms with Gasteiger partial charge in [-0.15, -0.1) is 11.3 Å². The highest BCUT2D eigenvalue weighted by molar-refractivity contribution is 8.02. The molecule has 1 aliphatic rings. The molecule has 1 aromatic heterocycles. The first-order chi connectivity index (χ1) is 13.3. The fourth-order valence-corrected chi connectivity index (χ4v) is 6.53. The molecule has 1 unspecified atom stereocenters. The molecule has 1 fully saturated rings. The van der Waals surface area contributed by atoms with E-state index in [1.165, 1.54) is 45.6 Å². The number of hydrogen-bond acceptors (Lipinski definition) is 6. The fraction of sp³-hybridized carbons (Fsp3) is 0.444. The largest absolute Gasteiger partial charge is 0.324 e. The Morgan fingerprint density at radius 2 is 2.04 bits per heavy atom. The Morgan fingerprint density at radius 3 is 2.68 bits per heavy atom. The lowest BCUT2D eigenvalue weighted by Crippen LogP contribution is -2.35. The molecule has 2 heterocycles. The van der Waals surface area contributed by atoms with E-state index in [0.717, 1.165) is 29.3 Å². The Kier molecular flexibility index (Phi) is 7.03. The first-order valence-corrected chi connectivity index (χ1v) is 12.5. The zero-order valence-electron chi connectivity index (χ0n) is 15.6. The lowest BCUT2D eigenvalue weighted by atomic mass is 10.2. The summed E-state index contributed by atoms with van der Waals surface area (Å²) in [6, 6.07) is 4.43. The maximum Gasteiger partial charge on any atom is 0.243 e. The van der Waals surface area contributed by atoms with Crippen LogP contribution in [0.15, 0.2) is 32.8 Å². The van der Waals surface area contributed by atoms with Crippen LogP contribution < -0.4 is 5.32 Å². The summed E-state index contributed by atoms with van der Waals surface area (Å²) in [6.45, 7) is 4.72. The average Bonchev–Trinajstić information content (AvgIpc) is 3.08. The molecule has 10 heteroatoms.